The molecule has 2 rings (SSSR count). The van der Waals surface area contributed by atoms with Crippen LogP contribution in [0.4, 0.5) is 4.79 Å². The van der Waals surface area contributed by atoms with E-state index in [1.165, 1.54) is 0 Å². The maximum Gasteiger partial charge on any atom is 0.407 e. The first-order valence-electron chi connectivity index (χ1n) is 7.75. The van der Waals surface area contributed by atoms with E-state index in [1.807, 2.05) is 30.3 Å². The Labute approximate surface area is 135 Å². The second-order valence-electron chi connectivity index (χ2n) is 5.22. The van der Waals surface area contributed by atoms with E-state index in [2.05, 4.69) is 15.5 Å². The fourth-order valence-corrected chi connectivity index (χ4v) is 2.17. The van der Waals surface area contributed by atoms with Crippen molar-refractivity contribution in [1.29, 1.82) is 0 Å². The molecule has 1 aliphatic rings. The summed E-state index contributed by atoms with van der Waals surface area (Å²) in [7, 11) is 0. The number of ether oxygens (including phenoxy) is 2. The van der Waals surface area contributed by atoms with E-state index in [1.54, 1.807) is 0 Å². The molecule has 126 valence electrons. The van der Waals surface area contributed by atoms with Crippen LogP contribution in [0.3, 0.4) is 0 Å². The third kappa shape index (κ3) is 7.12. The zero-order valence-corrected chi connectivity index (χ0v) is 13.1. The molecule has 7 heteroatoms. The van der Waals surface area contributed by atoms with E-state index < -0.39 is 6.09 Å². The van der Waals surface area contributed by atoms with Gasteiger partial charge in [-0.15, -0.1) is 0 Å². The van der Waals surface area contributed by atoms with Crippen molar-refractivity contribution in [1.82, 2.24) is 15.5 Å². The van der Waals surface area contributed by atoms with Gasteiger partial charge in [-0.3, -0.25) is 9.69 Å². The summed E-state index contributed by atoms with van der Waals surface area (Å²) in [5.41, 5.74) is 0.901. The molecule has 0 unspecified atom stereocenters. The lowest BCUT2D eigenvalue weighted by atomic mass is 10.2. The molecule has 7 nitrogen and oxygen atoms in total. The minimum atomic E-state index is -0.600. The number of alkyl carbamates (subject to hydrolysis) is 1. The Hall–Kier alpha value is -2.12. The number of morpholine rings is 1. The van der Waals surface area contributed by atoms with Crippen molar-refractivity contribution < 1.29 is 19.1 Å². The molecule has 2 amide bonds. The Kier molecular flexibility index (Phi) is 7.35. The molecule has 0 radical (unpaired) electrons. The summed E-state index contributed by atoms with van der Waals surface area (Å²) < 4.78 is 10.3. The van der Waals surface area contributed by atoms with E-state index in [0.717, 1.165) is 38.4 Å². The highest BCUT2D eigenvalue weighted by atomic mass is 16.5. The van der Waals surface area contributed by atoms with Gasteiger partial charge in [0, 0.05) is 26.2 Å². The molecular formula is C16H23N3O4. The maximum absolute atomic E-state index is 11.6. The quantitative estimate of drug-likeness (QED) is 0.758. The van der Waals surface area contributed by atoms with Crippen LogP contribution in [-0.2, 0) is 20.9 Å². The van der Waals surface area contributed by atoms with Crippen molar-refractivity contribution in [3.63, 3.8) is 0 Å². The fraction of sp³-hybridized carbons (Fsp3) is 0.500. The number of hydrogen-bond acceptors (Lipinski definition) is 5. The zero-order valence-electron chi connectivity index (χ0n) is 13.1. The standard InChI is InChI=1S/C16H23N3O4/c20-15(17-6-7-19-8-10-22-11-9-19)12-18-16(21)23-13-14-4-2-1-3-5-14/h1-5H,6-13H2,(H,17,20)(H,18,21). The van der Waals surface area contributed by atoms with Crippen LogP contribution in [0.15, 0.2) is 30.3 Å². The molecule has 0 aliphatic carbocycles. The SMILES string of the molecule is O=C(CNC(=O)OCc1ccccc1)NCCN1CCOCC1. The third-order valence-electron chi connectivity index (χ3n) is 3.46. The summed E-state index contributed by atoms with van der Waals surface area (Å²) in [4.78, 5) is 25.4. The van der Waals surface area contributed by atoms with Crippen LogP contribution in [0, 0.1) is 0 Å². The number of rotatable bonds is 7. The number of nitrogens with one attached hydrogen (secondary N) is 2. The Morgan fingerprint density at radius 1 is 1.13 bits per heavy atom. The first-order valence-corrected chi connectivity index (χ1v) is 7.75. The molecule has 0 atom stereocenters. The van der Waals surface area contributed by atoms with Crippen molar-refractivity contribution in [3.05, 3.63) is 35.9 Å². The van der Waals surface area contributed by atoms with Crippen LogP contribution in [-0.4, -0.2) is 62.8 Å². The number of amides is 2. The van der Waals surface area contributed by atoms with Gasteiger partial charge in [-0.2, -0.15) is 0 Å². The largest absolute Gasteiger partial charge is 0.445 e. The molecule has 1 heterocycles. The van der Waals surface area contributed by atoms with Crippen LogP contribution >= 0.6 is 0 Å². The molecule has 0 bridgehead atoms. The third-order valence-corrected chi connectivity index (χ3v) is 3.46. The van der Waals surface area contributed by atoms with E-state index in [-0.39, 0.29) is 19.1 Å². The summed E-state index contributed by atoms with van der Waals surface area (Å²) in [5.74, 6) is -0.227. The lowest BCUT2D eigenvalue weighted by molar-refractivity contribution is -0.120. The molecule has 23 heavy (non-hydrogen) atoms. The normalized spacial score (nSPS) is 15.0. The van der Waals surface area contributed by atoms with Gasteiger partial charge in [0.15, 0.2) is 0 Å². The molecule has 0 aromatic heterocycles. The van der Waals surface area contributed by atoms with Crippen molar-refractivity contribution >= 4 is 12.0 Å². The highest BCUT2D eigenvalue weighted by Gasteiger charge is 2.10. The molecule has 1 aromatic carbocycles. The lowest BCUT2D eigenvalue weighted by Gasteiger charge is -2.26. The Morgan fingerprint density at radius 2 is 1.87 bits per heavy atom. The topological polar surface area (TPSA) is 79.9 Å². The molecule has 1 fully saturated rings. The second kappa shape index (κ2) is 9.81. The van der Waals surface area contributed by atoms with Gasteiger partial charge >= 0.3 is 6.09 Å². The predicted molar refractivity (Wildman–Crippen MR) is 84.9 cm³/mol. The van der Waals surface area contributed by atoms with Gasteiger partial charge in [0.1, 0.15) is 6.61 Å². The molecular weight excluding hydrogens is 298 g/mol. The van der Waals surface area contributed by atoms with Crippen molar-refractivity contribution in [2.45, 2.75) is 6.61 Å². The summed E-state index contributed by atoms with van der Waals surface area (Å²) in [6, 6.07) is 9.37. The average molecular weight is 321 g/mol. The Balaban J connectivity index is 1.52. The number of hydrogen-bond donors (Lipinski definition) is 2. The van der Waals surface area contributed by atoms with Gasteiger partial charge in [-0.25, -0.2) is 4.79 Å². The van der Waals surface area contributed by atoms with Gasteiger partial charge in [-0.1, -0.05) is 30.3 Å². The number of nitrogens with zero attached hydrogens (tertiary/aromatic N) is 1. The lowest BCUT2D eigenvalue weighted by Crippen LogP contribution is -2.43. The van der Waals surface area contributed by atoms with Crippen molar-refractivity contribution in [2.24, 2.45) is 0 Å². The van der Waals surface area contributed by atoms with E-state index in [9.17, 15) is 9.59 Å². The van der Waals surface area contributed by atoms with Crippen LogP contribution in [0.5, 0.6) is 0 Å². The highest BCUT2D eigenvalue weighted by Crippen LogP contribution is 2.00. The molecule has 1 aliphatic heterocycles. The van der Waals surface area contributed by atoms with Crippen LogP contribution < -0.4 is 10.6 Å². The molecule has 0 saturated carbocycles. The molecule has 2 N–H and O–H groups in total. The average Bonchev–Trinajstić information content (AvgIpc) is 2.60. The number of carbonyl (C=O) groups excluding carboxylic acids is 2. The van der Waals surface area contributed by atoms with Crippen LogP contribution in [0.25, 0.3) is 0 Å². The number of benzene rings is 1. The van der Waals surface area contributed by atoms with Crippen LogP contribution in [0.1, 0.15) is 5.56 Å². The smallest absolute Gasteiger partial charge is 0.407 e. The first-order chi connectivity index (χ1) is 11.2. The molecule has 1 saturated heterocycles. The summed E-state index contributed by atoms with van der Waals surface area (Å²) in [5, 5.41) is 5.20. The van der Waals surface area contributed by atoms with Gasteiger partial charge in [0.2, 0.25) is 5.91 Å². The van der Waals surface area contributed by atoms with E-state index in [4.69, 9.17) is 9.47 Å². The van der Waals surface area contributed by atoms with Crippen LogP contribution in [0.2, 0.25) is 0 Å². The summed E-state index contributed by atoms with van der Waals surface area (Å²) in [6.45, 7) is 4.70. The minimum absolute atomic E-state index is 0.0866. The summed E-state index contributed by atoms with van der Waals surface area (Å²) in [6.07, 6.45) is -0.600. The molecule has 0 spiro atoms. The highest BCUT2D eigenvalue weighted by molar-refractivity contribution is 5.82. The second-order valence-corrected chi connectivity index (χ2v) is 5.22. The van der Waals surface area contributed by atoms with Gasteiger partial charge in [-0.05, 0) is 5.56 Å². The van der Waals surface area contributed by atoms with Crippen molar-refractivity contribution in [2.75, 3.05) is 45.9 Å². The summed E-state index contributed by atoms with van der Waals surface area (Å²) >= 11 is 0. The van der Waals surface area contributed by atoms with Crippen molar-refractivity contribution in [3.8, 4) is 0 Å². The maximum atomic E-state index is 11.6. The minimum Gasteiger partial charge on any atom is -0.445 e. The van der Waals surface area contributed by atoms with Gasteiger partial charge < -0.3 is 20.1 Å². The van der Waals surface area contributed by atoms with Gasteiger partial charge in [0.05, 0.1) is 19.8 Å². The Morgan fingerprint density at radius 3 is 2.61 bits per heavy atom. The molecule has 1 aromatic rings. The van der Waals surface area contributed by atoms with E-state index in [0.29, 0.717) is 6.54 Å². The van der Waals surface area contributed by atoms with E-state index >= 15 is 0 Å². The monoisotopic (exact) mass is 321 g/mol. The predicted octanol–water partition coefficient (Wildman–Crippen LogP) is 0.361. The fourth-order valence-electron chi connectivity index (χ4n) is 2.17. The zero-order chi connectivity index (χ0) is 16.3. The first kappa shape index (κ1) is 17.2. The number of carbonyl (C=O) groups is 2. The van der Waals surface area contributed by atoms with Gasteiger partial charge in [0.25, 0.3) is 0 Å². The Bertz CT molecular complexity index is 489.